The van der Waals surface area contributed by atoms with Gasteiger partial charge in [-0.25, -0.2) is 9.59 Å². The Bertz CT molecular complexity index is 509. The van der Waals surface area contributed by atoms with E-state index in [2.05, 4.69) is 9.47 Å². The lowest BCUT2D eigenvalue weighted by Gasteiger charge is -2.10. The molecule has 0 fully saturated rings. The Balaban J connectivity index is 0.000000533. The van der Waals surface area contributed by atoms with Crippen molar-refractivity contribution in [2.45, 2.75) is 20.3 Å². The Morgan fingerprint density at radius 3 is 1.63 bits per heavy atom. The average Bonchev–Trinajstić information content (AvgIpc) is 2.89. The first-order valence-corrected chi connectivity index (χ1v) is 8.26. The van der Waals surface area contributed by atoms with Gasteiger partial charge in [0.2, 0.25) is 0 Å². The fourth-order valence-electron chi connectivity index (χ4n) is 1.81. The van der Waals surface area contributed by atoms with Crippen LogP contribution in [0.25, 0.3) is 0 Å². The minimum atomic E-state index is -1.34. The van der Waals surface area contributed by atoms with Crippen molar-refractivity contribution in [2.75, 3.05) is 46.2 Å². The molecular formula is C16H25NO10. The van der Waals surface area contributed by atoms with Gasteiger partial charge < -0.3 is 29.2 Å². The fourth-order valence-corrected chi connectivity index (χ4v) is 1.81. The smallest absolute Gasteiger partial charge is 0.450 e. The van der Waals surface area contributed by atoms with E-state index < -0.39 is 12.3 Å². The number of nitrogens with zero attached hydrogens (tertiary/aromatic N) is 1. The maximum Gasteiger partial charge on any atom is 0.505 e. The van der Waals surface area contributed by atoms with Crippen molar-refractivity contribution < 1.29 is 48.3 Å². The van der Waals surface area contributed by atoms with Crippen LogP contribution in [0.5, 0.6) is 0 Å². The molecule has 0 aromatic carbocycles. The Morgan fingerprint density at radius 2 is 1.33 bits per heavy atom. The molecule has 0 aliphatic carbocycles. The second kappa shape index (κ2) is 14.5. The van der Waals surface area contributed by atoms with Crippen LogP contribution in [0.15, 0.2) is 11.6 Å². The summed E-state index contributed by atoms with van der Waals surface area (Å²) in [6.45, 7) is 4.93. The Hall–Kier alpha value is -2.66. The number of carbonyl (C=O) groups is 4. The van der Waals surface area contributed by atoms with Crippen LogP contribution < -0.4 is 0 Å². The minimum Gasteiger partial charge on any atom is -0.450 e. The van der Waals surface area contributed by atoms with E-state index >= 15 is 0 Å². The number of likely N-dealkylation sites (N-methyl/N-ethyl adjacent to an activating group) is 1. The highest BCUT2D eigenvalue weighted by Gasteiger charge is 2.27. The van der Waals surface area contributed by atoms with Gasteiger partial charge in [-0.3, -0.25) is 14.5 Å². The summed E-state index contributed by atoms with van der Waals surface area (Å²) in [5.74, 6) is -0.297. The van der Waals surface area contributed by atoms with Gasteiger partial charge >= 0.3 is 12.3 Å². The molecule has 2 N–H and O–H groups in total. The normalized spacial score (nSPS) is 13.0. The van der Waals surface area contributed by atoms with Crippen LogP contribution >= 0.6 is 0 Å². The van der Waals surface area contributed by atoms with Crippen molar-refractivity contribution in [3.05, 3.63) is 11.6 Å². The first-order chi connectivity index (χ1) is 12.8. The van der Waals surface area contributed by atoms with Crippen LogP contribution in [0.2, 0.25) is 0 Å². The number of amides is 2. The molecule has 0 atom stereocenters. The molecule has 11 heteroatoms. The van der Waals surface area contributed by atoms with Crippen molar-refractivity contribution in [1.29, 1.82) is 0 Å². The molecule has 27 heavy (non-hydrogen) atoms. The lowest BCUT2D eigenvalue weighted by molar-refractivity contribution is -0.136. The quantitative estimate of drug-likeness (QED) is 0.298. The number of imide groups is 1. The molecule has 2 amide bonds. The van der Waals surface area contributed by atoms with Gasteiger partial charge in [-0.2, -0.15) is 0 Å². The lowest BCUT2D eigenvalue weighted by Crippen LogP contribution is -2.30. The number of ether oxygens (including phenoxy) is 4. The standard InChI is InChI=1S/C8H11NO2.C8H14O8/c1-3-6-5-7(10)9(4-2)8(6)11;9-7(10)15-5-3-13-1-2-14-4-6-16-8(11)12/h5H,3-4H2,1-2H3;1-6H2,(H,9,10)(H,11,12). The number of rotatable bonds is 11. The Labute approximate surface area is 156 Å². The van der Waals surface area contributed by atoms with Crippen LogP contribution in [0, 0.1) is 0 Å². The molecular weight excluding hydrogens is 366 g/mol. The fraction of sp³-hybridized carbons (Fsp3) is 0.625. The minimum absolute atomic E-state index is 0.0303. The summed E-state index contributed by atoms with van der Waals surface area (Å²) in [5, 5.41) is 16.2. The third kappa shape index (κ3) is 11.5. The van der Waals surface area contributed by atoms with Gasteiger partial charge in [-0.15, -0.1) is 0 Å². The van der Waals surface area contributed by atoms with E-state index in [9.17, 15) is 19.2 Å². The molecule has 1 aliphatic heterocycles. The van der Waals surface area contributed by atoms with Crippen molar-refractivity contribution >= 4 is 24.1 Å². The Morgan fingerprint density at radius 1 is 0.889 bits per heavy atom. The van der Waals surface area contributed by atoms with Gasteiger partial charge in [0, 0.05) is 18.2 Å². The van der Waals surface area contributed by atoms with Crippen LogP contribution in [0.1, 0.15) is 20.3 Å². The van der Waals surface area contributed by atoms with Crippen LogP contribution in [-0.4, -0.2) is 85.4 Å². The zero-order valence-corrected chi connectivity index (χ0v) is 15.3. The van der Waals surface area contributed by atoms with Crippen LogP contribution in [0.3, 0.4) is 0 Å². The van der Waals surface area contributed by atoms with E-state index in [1.165, 1.54) is 11.0 Å². The van der Waals surface area contributed by atoms with Gasteiger partial charge in [-0.05, 0) is 13.3 Å². The average molecular weight is 391 g/mol. The topological polar surface area (TPSA) is 149 Å². The highest BCUT2D eigenvalue weighted by atomic mass is 16.7. The molecule has 0 unspecified atom stereocenters. The zero-order chi connectivity index (χ0) is 20.7. The predicted molar refractivity (Wildman–Crippen MR) is 90.4 cm³/mol. The molecule has 11 nitrogen and oxygen atoms in total. The summed E-state index contributed by atoms with van der Waals surface area (Å²) < 4.78 is 18.2. The summed E-state index contributed by atoms with van der Waals surface area (Å²) in [5.41, 5.74) is 0.622. The van der Waals surface area contributed by atoms with E-state index in [0.29, 0.717) is 18.5 Å². The summed E-state index contributed by atoms with van der Waals surface area (Å²) in [4.78, 5) is 43.3. The van der Waals surface area contributed by atoms with Crippen molar-refractivity contribution in [3.63, 3.8) is 0 Å². The van der Waals surface area contributed by atoms with Crippen molar-refractivity contribution in [1.82, 2.24) is 4.90 Å². The number of carbonyl (C=O) groups excluding carboxylic acids is 2. The first-order valence-electron chi connectivity index (χ1n) is 8.26. The number of hydrogen-bond acceptors (Lipinski definition) is 8. The molecule has 0 spiro atoms. The maximum absolute atomic E-state index is 11.2. The highest BCUT2D eigenvalue weighted by Crippen LogP contribution is 2.14. The van der Waals surface area contributed by atoms with E-state index in [1.54, 1.807) is 6.92 Å². The van der Waals surface area contributed by atoms with Crippen molar-refractivity contribution in [3.8, 4) is 0 Å². The molecule has 0 aromatic rings. The summed E-state index contributed by atoms with van der Waals surface area (Å²) >= 11 is 0. The second-order valence-corrected chi connectivity index (χ2v) is 4.86. The van der Waals surface area contributed by atoms with Gasteiger partial charge in [0.05, 0.1) is 26.4 Å². The van der Waals surface area contributed by atoms with Crippen LogP contribution in [-0.2, 0) is 28.5 Å². The Kier molecular flexibility index (Phi) is 13.1. The molecule has 1 heterocycles. The van der Waals surface area contributed by atoms with Gasteiger partial charge in [0.15, 0.2) is 0 Å². The summed E-state index contributed by atoms with van der Waals surface area (Å²) in [7, 11) is 0. The van der Waals surface area contributed by atoms with E-state index in [1.807, 2.05) is 6.92 Å². The second-order valence-electron chi connectivity index (χ2n) is 4.86. The molecule has 1 aliphatic rings. The molecule has 1 rings (SSSR count). The van der Waals surface area contributed by atoms with Gasteiger partial charge in [0.25, 0.3) is 11.8 Å². The summed E-state index contributed by atoms with van der Waals surface area (Å²) in [6, 6.07) is 0. The largest absolute Gasteiger partial charge is 0.505 e. The molecule has 0 saturated heterocycles. The van der Waals surface area contributed by atoms with E-state index in [-0.39, 0.29) is 51.5 Å². The molecule has 0 bridgehead atoms. The lowest BCUT2D eigenvalue weighted by atomic mass is 10.2. The molecule has 154 valence electrons. The monoisotopic (exact) mass is 391 g/mol. The molecule has 0 radical (unpaired) electrons. The SMILES string of the molecule is CCC1=CC(=O)N(CC)C1=O.O=C(O)OCCOCCOCCOC(=O)O. The maximum atomic E-state index is 11.2. The first kappa shape index (κ1) is 24.3. The van der Waals surface area contributed by atoms with Crippen molar-refractivity contribution in [2.24, 2.45) is 0 Å². The van der Waals surface area contributed by atoms with E-state index in [0.717, 1.165) is 0 Å². The molecule has 0 saturated carbocycles. The predicted octanol–water partition coefficient (Wildman–Crippen LogP) is 1.12. The highest BCUT2D eigenvalue weighted by molar-refractivity contribution is 6.16. The third-order valence-corrected chi connectivity index (χ3v) is 3.06. The summed E-state index contributed by atoms with van der Waals surface area (Å²) in [6.07, 6.45) is -0.622. The van der Waals surface area contributed by atoms with Gasteiger partial charge in [0.1, 0.15) is 13.2 Å². The molecule has 0 aromatic heterocycles. The zero-order valence-electron chi connectivity index (χ0n) is 15.3. The van der Waals surface area contributed by atoms with Crippen LogP contribution in [0.4, 0.5) is 9.59 Å². The van der Waals surface area contributed by atoms with E-state index in [4.69, 9.17) is 19.7 Å². The number of hydrogen-bond donors (Lipinski definition) is 2. The third-order valence-electron chi connectivity index (χ3n) is 3.06. The van der Waals surface area contributed by atoms with Gasteiger partial charge in [-0.1, -0.05) is 6.92 Å². The number of carboxylic acid groups (broad SMARTS) is 2.